The first kappa shape index (κ1) is 19.4. The van der Waals surface area contributed by atoms with E-state index < -0.39 is 0 Å². The molecule has 128 valence electrons. The maximum absolute atomic E-state index is 11.3. The predicted molar refractivity (Wildman–Crippen MR) is 93.0 cm³/mol. The molecular weight excluding hydrogens is 272 g/mol. The quantitative estimate of drug-likeness (QED) is 0.614. The number of hydrogen-bond acceptors (Lipinski definition) is 2. The molecule has 0 aromatic carbocycles. The van der Waals surface area contributed by atoms with Crippen LogP contribution >= 0.6 is 0 Å². The monoisotopic (exact) mass is 308 g/mol. The van der Waals surface area contributed by atoms with Gasteiger partial charge in [0.2, 0.25) is 0 Å². The topological polar surface area (TPSA) is 34.1 Å². The van der Waals surface area contributed by atoms with Gasteiger partial charge < -0.3 is 0 Å². The van der Waals surface area contributed by atoms with Crippen LogP contribution in [0.3, 0.4) is 0 Å². The van der Waals surface area contributed by atoms with Crippen molar-refractivity contribution in [2.75, 3.05) is 0 Å². The lowest BCUT2D eigenvalue weighted by Gasteiger charge is -2.19. The molecule has 22 heavy (non-hydrogen) atoms. The minimum absolute atomic E-state index is 0.434. The highest BCUT2D eigenvalue weighted by molar-refractivity contribution is 5.81. The number of unbranched alkanes of at least 4 members (excludes halogenated alkanes) is 2. The summed E-state index contributed by atoms with van der Waals surface area (Å²) in [5.74, 6) is 1.93. The Kier molecular flexibility index (Phi) is 10.4. The zero-order chi connectivity index (χ0) is 16.2. The van der Waals surface area contributed by atoms with Crippen molar-refractivity contribution < 1.29 is 9.59 Å². The van der Waals surface area contributed by atoms with Crippen molar-refractivity contribution in [3.05, 3.63) is 0 Å². The van der Waals surface area contributed by atoms with Crippen molar-refractivity contribution in [2.45, 2.75) is 104 Å². The van der Waals surface area contributed by atoms with Crippen molar-refractivity contribution >= 4 is 11.6 Å². The number of hydrogen-bond donors (Lipinski definition) is 0. The fourth-order valence-corrected chi connectivity index (χ4v) is 3.62. The minimum atomic E-state index is 0.434. The third-order valence-electron chi connectivity index (χ3n) is 5.17. The number of rotatable bonds is 6. The van der Waals surface area contributed by atoms with Gasteiger partial charge in [-0.2, -0.15) is 0 Å². The van der Waals surface area contributed by atoms with Crippen LogP contribution in [-0.2, 0) is 9.59 Å². The first-order valence-electron chi connectivity index (χ1n) is 9.74. The average molecular weight is 309 g/mol. The lowest BCUT2D eigenvalue weighted by molar-refractivity contribution is -0.125. The molecule has 0 saturated heterocycles. The molecule has 0 aromatic heterocycles. The summed E-state index contributed by atoms with van der Waals surface area (Å²) in [4.78, 5) is 22.6. The summed E-state index contributed by atoms with van der Waals surface area (Å²) in [6.45, 7) is 4.38. The Balaban J connectivity index is 0.000000220. The lowest BCUT2D eigenvalue weighted by Crippen LogP contribution is -2.18. The molecule has 2 nitrogen and oxygen atoms in total. The highest BCUT2D eigenvalue weighted by Gasteiger charge is 2.21. The minimum Gasteiger partial charge on any atom is -0.299 e. The number of carbonyl (C=O) groups is 2. The van der Waals surface area contributed by atoms with E-state index in [0.717, 1.165) is 38.5 Å². The Labute approximate surface area is 137 Å². The molecule has 2 unspecified atom stereocenters. The molecule has 2 atom stereocenters. The van der Waals surface area contributed by atoms with Gasteiger partial charge in [0.15, 0.2) is 0 Å². The van der Waals surface area contributed by atoms with Gasteiger partial charge in [-0.1, -0.05) is 52.4 Å². The van der Waals surface area contributed by atoms with E-state index in [4.69, 9.17) is 0 Å². The molecule has 0 bridgehead atoms. The Morgan fingerprint density at radius 2 is 1.14 bits per heavy atom. The van der Waals surface area contributed by atoms with Crippen LogP contribution in [0.1, 0.15) is 104 Å². The molecule has 0 N–H and O–H groups in total. The number of ketones is 2. The Bertz CT molecular complexity index is 290. The van der Waals surface area contributed by atoms with Crippen LogP contribution in [0.15, 0.2) is 0 Å². The summed E-state index contributed by atoms with van der Waals surface area (Å²) in [6, 6.07) is 0. The standard InChI is InChI=1S/2C10H18O/c2*1-2-3-6-9-7-4-5-8-10(9)11/h2*9H,2-8H2,1H3. The zero-order valence-electron chi connectivity index (χ0n) is 14.9. The highest BCUT2D eigenvalue weighted by atomic mass is 16.1. The molecule has 0 amide bonds. The van der Waals surface area contributed by atoms with Crippen molar-refractivity contribution in [3.8, 4) is 0 Å². The summed E-state index contributed by atoms with van der Waals surface area (Å²) in [7, 11) is 0. The van der Waals surface area contributed by atoms with E-state index in [9.17, 15) is 9.59 Å². The van der Waals surface area contributed by atoms with Crippen LogP contribution in [0.5, 0.6) is 0 Å². The van der Waals surface area contributed by atoms with Crippen molar-refractivity contribution in [3.63, 3.8) is 0 Å². The van der Waals surface area contributed by atoms with Gasteiger partial charge in [0.05, 0.1) is 0 Å². The summed E-state index contributed by atoms with van der Waals surface area (Å²) in [5, 5.41) is 0. The molecule has 2 aliphatic rings. The number of carbonyl (C=O) groups excluding carboxylic acids is 2. The molecule has 0 radical (unpaired) electrons. The first-order valence-corrected chi connectivity index (χ1v) is 9.74. The van der Waals surface area contributed by atoms with E-state index in [0.29, 0.717) is 23.4 Å². The zero-order valence-corrected chi connectivity index (χ0v) is 14.9. The number of Topliss-reactive ketones (excluding diaryl/α,β-unsaturated/α-hetero) is 2. The largest absolute Gasteiger partial charge is 0.299 e. The molecule has 0 heterocycles. The Morgan fingerprint density at radius 3 is 1.45 bits per heavy atom. The predicted octanol–water partition coefficient (Wildman–Crippen LogP) is 5.87. The Morgan fingerprint density at radius 1 is 0.727 bits per heavy atom. The third kappa shape index (κ3) is 7.56. The molecule has 0 aromatic rings. The second kappa shape index (κ2) is 11.8. The lowest BCUT2D eigenvalue weighted by atomic mass is 9.85. The maximum Gasteiger partial charge on any atom is 0.135 e. The summed E-state index contributed by atoms with van der Waals surface area (Å²) < 4.78 is 0. The smallest absolute Gasteiger partial charge is 0.135 e. The second-order valence-corrected chi connectivity index (χ2v) is 7.10. The molecule has 2 heteroatoms. The first-order chi connectivity index (χ1) is 10.7. The van der Waals surface area contributed by atoms with E-state index in [1.54, 1.807) is 0 Å². The fraction of sp³-hybridized carbons (Fsp3) is 0.900. The van der Waals surface area contributed by atoms with Gasteiger partial charge in [0.1, 0.15) is 11.6 Å². The van der Waals surface area contributed by atoms with Crippen LogP contribution in [-0.4, -0.2) is 11.6 Å². The van der Waals surface area contributed by atoms with Gasteiger partial charge in [-0.05, 0) is 38.5 Å². The van der Waals surface area contributed by atoms with E-state index >= 15 is 0 Å². The van der Waals surface area contributed by atoms with Crippen molar-refractivity contribution in [1.82, 2.24) is 0 Å². The van der Waals surface area contributed by atoms with Crippen molar-refractivity contribution in [2.24, 2.45) is 11.8 Å². The van der Waals surface area contributed by atoms with E-state index in [-0.39, 0.29) is 0 Å². The molecule has 2 fully saturated rings. The normalized spacial score (nSPS) is 25.5. The van der Waals surface area contributed by atoms with Gasteiger partial charge in [-0.25, -0.2) is 0 Å². The highest BCUT2D eigenvalue weighted by Crippen LogP contribution is 2.25. The van der Waals surface area contributed by atoms with Crippen molar-refractivity contribution in [1.29, 1.82) is 0 Å². The van der Waals surface area contributed by atoms with Crippen LogP contribution < -0.4 is 0 Å². The second-order valence-electron chi connectivity index (χ2n) is 7.10. The van der Waals surface area contributed by atoms with E-state index in [1.807, 2.05) is 0 Å². The summed E-state index contributed by atoms with van der Waals surface area (Å²) >= 11 is 0. The molecular formula is C20H36O2. The maximum atomic E-state index is 11.3. The summed E-state index contributed by atoms with van der Waals surface area (Å²) in [6.07, 6.45) is 16.1. The Hall–Kier alpha value is -0.660. The third-order valence-corrected chi connectivity index (χ3v) is 5.17. The molecule has 0 aliphatic heterocycles. The SMILES string of the molecule is CCCCC1CCCCC1=O.CCCCC1CCCCC1=O. The van der Waals surface area contributed by atoms with Crippen LogP contribution in [0.25, 0.3) is 0 Å². The summed E-state index contributed by atoms with van der Waals surface area (Å²) in [5.41, 5.74) is 0. The fourth-order valence-electron chi connectivity index (χ4n) is 3.62. The molecule has 2 aliphatic carbocycles. The average Bonchev–Trinajstić information content (AvgIpc) is 2.54. The van der Waals surface area contributed by atoms with Crippen LogP contribution in [0, 0.1) is 11.8 Å². The van der Waals surface area contributed by atoms with E-state index in [1.165, 1.54) is 51.4 Å². The van der Waals surface area contributed by atoms with E-state index in [2.05, 4.69) is 13.8 Å². The molecule has 2 rings (SSSR count). The van der Waals surface area contributed by atoms with Gasteiger partial charge >= 0.3 is 0 Å². The molecule has 2 saturated carbocycles. The van der Waals surface area contributed by atoms with Gasteiger partial charge in [-0.15, -0.1) is 0 Å². The van der Waals surface area contributed by atoms with Gasteiger partial charge in [0, 0.05) is 24.7 Å². The van der Waals surface area contributed by atoms with Crippen LogP contribution in [0.4, 0.5) is 0 Å². The molecule has 0 spiro atoms. The van der Waals surface area contributed by atoms with Gasteiger partial charge in [-0.3, -0.25) is 9.59 Å². The van der Waals surface area contributed by atoms with Crippen LogP contribution in [0.2, 0.25) is 0 Å². The van der Waals surface area contributed by atoms with Gasteiger partial charge in [0.25, 0.3) is 0 Å².